The highest BCUT2D eigenvalue weighted by Crippen LogP contribution is 2.25. The van der Waals surface area contributed by atoms with Crippen LogP contribution in [0.1, 0.15) is 27.6 Å². The lowest BCUT2D eigenvalue weighted by Gasteiger charge is -2.37. The first-order valence-corrected chi connectivity index (χ1v) is 10.5. The fraction of sp³-hybridized carbons (Fsp3) is 0.261. The minimum atomic E-state index is -0.853. The van der Waals surface area contributed by atoms with Crippen LogP contribution in [-0.4, -0.2) is 74.3 Å². The Morgan fingerprint density at radius 2 is 1.47 bits per heavy atom. The molecule has 3 amide bonds. The fourth-order valence-corrected chi connectivity index (χ4v) is 4.23. The number of aromatic nitrogens is 3. The van der Waals surface area contributed by atoms with Crippen molar-refractivity contribution in [2.45, 2.75) is 13.0 Å². The lowest BCUT2D eigenvalue weighted by molar-refractivity contribution is -0.135. The van der Waals surface area contributed by atoms with Crippen LogP contribution in [0.4, 0.5) is 5.82 Å². The van der Waals surface area contributed by atoms with Crippen molar-refractivity contribution in [2.24, 2.45) is 0 Å². The molecule has 0 aliphatic carbocycles. The van der Waals surface area contributed by atoms with Crippen LogP contribution in [0.3, 0.4) is 0 Å². The molecule has 3 aromatic rings. The molecule has 9 heteroatoms. The third-order valence-corrected chi connectivity index (χ3v) is 5.99. The largest absolute Gasteiger partial charge is 0.353 e. The van der Waals surface area contributed by atoms with Crippen molar-refractivity contribution in [1.29, 1.82) is 0 Å². The molecule has 0 bridgehead atoms. The zero-order chi connectivity index (χ0) is 22.2. The maximum absolute atomic E-state index is 13.1. The van der Waals surface area contributed by atoms with E-state index in [1.807, 2.05) is 35.2 Å². The summed E-state index contributed by atoms with van der Waals surface area (Å²) in [5, 5.41) is 0. The summed E-state index contributed by atoms with van der Waals surface area (Å²) < 4.78 is 1.91. The SMILES string of the molecule is CC(C(=O)N1CCN(c2cc(-n3cccc3)ncn2)CC1)N1C(=O)c2ccccc2C1=O. The first-order valence-electron chi connectivity index (χ1n) is 10.5. The summed E-state index contributed by atoms with van der Waals surface area (Å²) in [6.07, 6.45) is 5.37. The van der Waals surface area contributed by atoms with E-state index in [2.05, 4.69) is 14.9 Å². The second-order valence-corrected chi connectivity index (χ2v) is 7.84. The molecule has 0 N–H and O–H groups in total. The van der Waals surface area contributed by atoms with Gasteiger partial charge >= 0.3 is 0 Å². The van der Waals surface area contributed by atoms with Gasteiger partial charge in [0.1, 0.15) is 24.0 Å². The van der Waals surface area contributed by atoms with Gasteiger partial charge < -0.3 is 14.4 Å². The van der Waals surface area contributed by atoms with Gasteiger partial charge in [0.15, 0.2) is 0 Å². The summed E-state index contributed by atoms with van der Waals surface area (Å²) in [6, 6.07) is 11.6. The van der Waals surface area contributed by atoms with Crippen LogP contribution in [0.5, 0.6) is 0 Å². The van der Waals surface area contributed by atoms with E-state index in [0.717, 1.165) is 16.5 Å². The van der Waals surface area contributed by atoms with Gasteiger partial charge in [0, 0.05) is 44.6 Å². The molecule has 1 unspecified atom stereocenters. The zero-order valence-corrected chi connectivity index (χ0v) is 17.6. The van der Waals surface area contributed by atoms with Gasteiger partial charge in [-0.1, -0.05) is 12.1 Å². The number of benzene rings is 1. The monoisotopic (exact) mass is 430 g/mol. The fourth-order valence-electron chi connectivity index (χ4n) is 4.23. The van der Waals surface area contributed by atoms with Crippen LogP contribution in [0.25, 0.3) is 5.82 Å². The number of piperazine rings is 1. The maximum Gasteiger partial charge on any atom is 0.262 e. The first-order chi connectivity index (χ1) is 15.5. The number of imide groups is 1. The smallest absolute Gasteiger partial charge is 0.262 e. The number of rotatable bonds is 4. The maximum atomic E-state index is 13.1. The topological polar surface area (TPSA) is 91.6 Å². The van der Waals surface area contributed by atoms with Crippen molar-refractivity contribution >= 4 is 23.5 Å². The van der Waals surface area contributed by atoms with Gasteiger partial charge in [0.05, 0.1) is 11.1 Å². The van der Waals surface area contributed by atoms with Gasteiger partial charge in [-0.05, 0) is 31.2 Å². The highest BCUT2D eigenvalue weighted by molar-refractivity contribution is 6.22. The van der Waals surface area contributed by atoms with E-state index in [1.54, 1.807) is 36.1 Å². The third kappa shape index (κ3) is 3.31. The second-order valence-electron chi connectivity index (χ2n) is 7.84. The molecule has 1 saturated heterocycles. The van der Waals surface area contributed by atoms with Gasteiger partial charge in [-0.25, -0.2) is 9.97 Å². The summed E-state index contributed by atoms with van der Waals surface area (Å²) in [7, 11) is 0. The summed E-state index contributed by atoms with van der Waals surface area (Å²) in [5.74, 6) is 0.518. The Morgan fingerprint density at radius 3 is 2.09 bits per heavy atom. The number of carbonyl (C=O) groups is 3. The molecule has 0 saturated carbocycles. The van der Waals surface area contributed by atoms with Gasteiger partial charge in [0.2, 0.25) is 5.91 Å². The Labute approximate surface area is 184 Å². The van der Waals surface area contributed by atoms with E-state index < -0.39 is 17.9 Å². The van der Waals surface area contributed by atoms with Crippen molar-refractivity contribution in [3.05, 3.63) is 72.3 Å². The first kappa shape index (κ1) is 19.9. The highest BCUT2D eigenvalue weighted by atomic mass is 16.2. The lowest BCUT2D eigenvalue weighted by Crippen LogP contribution is -2.55. The predicted molar refractivity (Wildman–Crippen MR) is 117 cm³/mol. The van der Waals surface area contributed by atoms with Crippen molar-refractivity contribution in [3.8, 4) is 5.82 Å². The number of anilines is 1. The van der Waals surface area contributed by atoms with E-state index >= 15 is 0 Å². The van der Waals surface area contributed by atoms with Crippen LogP contribution in [0, 0.1) is 0 Å². The summed E-state index contributed by atoms with van der Waals surface area (Å²) in [5.41, 5.74) is 0.702. The van der Waals surface area contributed by atoms with E-state index in [0.29, 0.717) is 37.3 Å². The van der Waals surface area contributed by atoms with E-state index in [9.17, 15) is 14.4 Å². The summed E-state index contributed by atoms with van der Waals surface area (Å²) in [4.78, 5) is 52.1. The van der Waals surface area contributed by atoms with Crippen molar-refractivity contribution in [3.63, 3.8) is 0 Å². The van der Waals surface area contributed by atoms with Crippen molar-refractivity contribution in [2.75, 3.05) is 31.1 Å². The minimum Gasteiger partial charge on any atom is -0.353 e. The minimum absolute atomic E-state index is 0.227. The Morgan fingerprint density at radius 1 is 0.875 bits per heavy atom. The normalized spacial score (nSPS) is 17.0. The molecule has 9 nitrogen and oxygen atoms in total. The number of carbonyl (C=O) groups excluding carboxylic acids is 3. The molecule has 4 heterocycles. The Hall–Kier alpha value is -4.01. The van der Waals surface area contributed by atoms with Gasteiger partial charge in [-0.15, -0.1) is 0 Å². The summed E-state index contributed by atoms with van der Waals surface area (Å²) in [6.45, 7) is 3.78. The Balaban J connectivity index is 1.25. The van der Waals surface area contributed by atoms with Crippen molar-refractivity contribution < 1.29 is 14.4 Å². The van der Waals surface area contributed by atoms with Crippen molar-refractivity contribution in [1.82, 2.24) is 24.3 Å². The number of amides is 3. The van der Waals surface area contributed by atoms with E-state index in [1.165, 1.54) is 6.33 Å². The average molecular weight is 430 g/mol. The van der Waals surface area contributed by atoms with Gasteiger partial charge in [0.25, 0.3) is 11.8 Å². The van der Waals surface area contributed by atoms with E-state index in [4.69, 9.17) is 0 Å². The molecule has 32 heavy (non-hydrogen) atoms. The Kier molecular flexibility index (Phi) is 4.93. The molecule has 162 valence electrons. The quantitative estimate of drug-likeness (QED) is 0.584. The molecule has 2 aliphatic rings. The number of hydrogen-bond donors (Lipinski definition) is 0. The predicted octanol–water partition coefficient (Wildman–Crippen LogP) is 1.60. The number of nitrogens with zero attached hydrogens (tertiary/aromatic N) is 6. The summed E-state index contributed by atoms with van der Waals surface area (Å²) >= 11 is 0. The Bertz CT molecular complexity index is 1150. The van der Waals surface area contributed by atoms with Crippen LogP contribution >= 0.6 is 0 Å². The molecule has 0 radical (unpaired) electrons. The zero-order valence-electron chi connectivity index (χ0n) is 17.6. The third-order valence-electron chi connectivity index (χ3n) is 5.99. The molecule has 2 aromatic heterocycles. The molecular formula is C23H22N6O3. The average Bonchev–Trinajstić information content (AvgIpc) is 3.46. The van der Waals surface area contributed by atoms with Crippen LogP contribution < -0.4 is 4.90 Å². The molecule has 1 atom stereocenters. The van der Waals surface area contributed by atoms with Crippen LogP contribution in [-0.2, 0) is 4.79 Å². The van der Waals surface area contributed by atoms with Crippen LogP contribution in [0.2, 0.25) is 0 Å². The van der Waals surface area contributed by atoms with Gasteiger partial charge in [-0.3, -0.25) is 19.3 Å². The molecule has 1 aromatic carbocycles. The second kappa shape index (κ2) is 7.92. The molecule has 5 rings (SSSR count). The van der Waals surface area contributed by atoms with E-state index in [-0.39, 0.29) is 5.91 Å². The standard InChI is InChI=1S/C23H22N6O3/c1-16(29-22(31)17-6-2-3-7-18(17)23(29)32)21(30)28-12-10-27(11-13-28)20-14-19(24-15-25-20)26-8-4-5-9-26/h2-9,14-16H,10-13H2,1H3. The molecular weight excluding hydrogens is 408 g/mol. The van der Waals surface area contributed by atoms with Crippen LogP contribution in [0.15, 0.2) is 61.2 Å². The lowest BCUT2D eigenvalue weighted by atomic mass is 10.1. The number of fused-ring (bicyclic) bond motifs is 1. The highest BCUT2D eigenvalue weighted by Gasteiger charge is 2.42. The van der Waals surface area contributed by atoms with Gasteiger partial charge in [-0.2, -0.15) is 0 Å². The molecule has 1 fully saturated rings. The molecule has 0 spiro atoms. The number of hydrogen-bond acceptors (Lipinski definition) is 6. The molecule has 2 aliphatic heterocycles.